The van der Waals surface area contributed by atoms with Gasteiger partial charge in [-0.2, -0.15) is 0 Å². The van der Waals surface area contributed by atoms with E-state index in [-0.39, 0.29) is 16.7 Å². The largest absolute Gasteiger partial charge is 0.373 e. The Morgan fingerprint density at radius 3 is 2.95 bits per heavy atom. The number of likely N-dealkylation sites (N-methyl/N-ethyl adjacent to an activating group) is 1. The lowest BCUT2D eigenvalue weighted by atomic mass is 10.1. The minimum absolute atomic E-state index is 0.136. The molecule has 0 spiro atoms. The number of benzene rings is 1. The maximum atomic E-state index is 11.2. The summed E-state index contributed by atoms with van der Waals surface area (Å²) in [5.41, 5.74) is 0.810. The first-order valence-corrected chi connectivity index (χ1v) is 7.36. The van der Waals surface area contributed by atoms with Crippen molar-refractivity contribution in [2.75, 3.05) is 38.2 Å². The highest BCUT2D eigenvalue weighted by molar-refractivity contribution is 9.10. The molecule has 1 aromatic carbocycles. The van der Waals surface area contributed by atoms with Crippen LogP contribution in [0.4, 0.5) is 11.4 Å². The van der Waals surface area contributed by atoms with Crippen molar-refractivity contribution in [1.82, 2.24) is 4.90 Å². The molecule has 2 fully saturated rings. The molecule has 7 heteroatoms. The van der Waals surface area contributed by atoms with Crippen molar-refractivity contribution in [1.29, 1.82) is 0 Å². The number of fused-ring (bicyclic) bond motifs is 1. The van der Waals surface area contributed by atoms with Gasteiger partial charge in [0.05, 0.1) is 23.7 Å². The second kappa shape index (κ2) is 5.31. The highest BCUT2D eigenvalue weighted by Crippen LogP contribution is 2.35. The molecule has 3 rings (SSSR count). The second-order valence-electron chi connectivity index (χ2n) is 5.25. The molecule has 2 atom stereocenters. The lowest BCUT2D eigenvalue weighted by molar-refractivity contribution is -0.384. The number of nitro groups is 1. The van der Waals surface area contributed by atoms with E-state index in [9.17, 15) is 10.1 Å². The fourth-order valence-electron chi connectivity index (χ4n) is 2.96. The second-order valence-corrected chi connectivity index (χ2v) is 6.17. The summed E-state index contributed by atoms with van der Waals surface area (Å²) in [5.74, 6) is 0. The Hall–Kier alpha value is -1.18. The summed E-state index contributed by atoms with van der Waals surface area (Å²) in [5, 5.41) is 11.2. The summed E-state index contributed by atoms with van der Waals surface area (Å²) in [6.07, 6.45) is 0.136. The minimum Gasteiger partial charge on any atom is -0.373 e. The SMILES string of the molecule is CN1CCOC2CN(c3ccc(Br)cc3[N+](=O)[O-])CC21. The summed E-state index contributed by atoms with van der Waals surface area (Å²) in [4.78, 5) is 15.2. The van der Waals surface area contributed by atoms with Crippen molar-refractivity contribution >= 4 is 27.3 Å². The third-order valence-electron chi connectivity index (χ3n) is 4.05. The summed E-state index contributed by atoms with van der Waals surface area (Å²) in [7, 11) is 2.08. The molecule has 2 aliphatic heterocycles. The van der Waals surface area contributed by atoms with Gasteiger partial charge in [0.2, 0.25) is 0 Å². The molecule has 108 valence electrons. The normalized spacial score (nSPS) is 26.6. The van der Waals surface area contributed by atoms with Crippen LogP contribution in [-0.2, 0) is 4.74 Å². The molecule has 20 heavy (non-hydrogen) atoms. The number of ether oxygens (including phenoxy) is 1. The van der Waals surface area contributed by atoms with Crippen molar-refractivity contribution in [2.24, 2.45) is 0 Å². The van der Waals surface area contributed by atoms with E-state index >= 15 is 0 Å². The van der Waals surface area contributed by atoms with E-state index in [0.29, 0.717) is 18.3 Å². The molecule has 0 radical (unpaired) electrons. The van der Waals surface area contributed by atoms with E-state index < -0.39 is 0 Å². The maximum absolute atomic E-state index is 11.2. The van der Waals surface area contributed by atoms with Crippen molar-refractivity contribution in [3.05, 3.63) is 32.8 Å². The molecule has 0 aliphatic carbocycles. The summed E-state index contributed by atoms with van der Waals surface area (Å²) in [6.45, 7) is 3.12. The molecular formula is C13H16BrN3O3. The van der Waals surface area contributed by atoms with Crippen LogP contribution < -0.4 is 4.90 Å². The van der Waals surface area contributed by atoms with Gasteiger partial charge in [0, 0.05) is 30.2 Å². The number of hydrogen-bond donors (Lipinski definition) is 0. The third-order valence-corrected chi connectivity index (χ3v) is 4.55. The number of anilines is 1. The Morgan fingerprint density at radius 2 is 2.25 bits per heavy atom. The Labute approximate surface area is 125 Å². The lowest BCUT2D eigenvalue weighted by Gasteiger charge is -2.33. The number of morpholine rings is 1. The van der Waals surface area contributed by atoms with E-state index in [2.05, 4.69) is 32.8 Å². The molecular weight excluding hydrogens is 326 g/mol. The van der Waals surface area contributed by atoms with Crippen LogP contribution >= 0.6 is 15.9 Å². The smallest absolute Gasteiger partial charge is 0.293 e. The Kier molecular flexibility index (Phi) is 3.66. The van der Waals surface area contributed by atoms with Gasteiger partial charge < -0.3 is 9.64 Å². The van der Waals surface area contributed by atoms with Gasteiger partial charge in [0.15, 0.2) is 0 Å². The average Bonchev–Trinajstić information content (AvgIpc) is 2.84. The van der Waals surface area contributed by atoms with Crippen molar-refractivity contribution in [2.45, 2.75) is 12.1 Å². The number of nitrogens with zero attached hydrogens (tertiary/aromatic N) is 3. The molecule has 0 saturated carbocycles. The number of rotatable bonds is 2. The standard InChI is InChI=1S/C13H16BrN3O3/c1-15-4-5-20-13-8-16(7-12(13)15)10-3-2-9(14)6-11(10)17(18)19/h2-3,6,12-13H,4-5,7-8H2,1H3. The van der Waals surface area contributed by atoms with Crippen LogP contribution in [0.5, 0.6) is 0 Å². The van der Waals surface area contributed by atoms with Crippen molar-refractivity contribution in [3.8, 4) is 0 Å². The Morgan fingerprint density at radius 1 is 1.45 bits per heavy atom. The molecule has 0 N–H and O–H groups in total. The van der Waals surface area contributed by atoms with Gasteiger partial charge in [-0.3, -0.25) is 15.0 Å². The fraction of sp³-hybridized carbons (Fsp3) is 0.538. The highest BCUT2D eigenvalue weighted by Gasteiger charge is 2.40. The van der Waals surface area contributed by atoms with Gasteiger partial charge in [-0.25, -0.2) is 0 Å². The Bertz CT molecular complexity index is 540. The predicted octanol–water partition coefficient (Wildman–Crippen LogP) is 1.88. The quantitative estimate of drug-likeness (QED) is 0.607. The third kappa shape index (κ3) is 2.41. The molecule has 6 nitrogen and oxygen atoms in total. The maximum Gasteiger partial charge on any atom is 0.293 e. The highest BCUT2D eigenvalue weighted by atomic mass is 79.9. The van der Waals surface area contributed by atoms with Crippen molar-refractivity contribution < 1.29 is 9.66 Å². The predicted molar refractivity (Wildman–Crippen MR) is 79.2 cm³/mol. The number of hydrogen-bond acceptors (Lipinski definition) is 5. The van der Waals surface area contributed by atoms with E-state index in [1.165, 1.54) is 0 Å². The molecule has 2 aliphatic rings. The monoisotopic (exact) mass is 341 g/mol. The van der Waals surface area contributed by atoms with Crippen LogP contribution in [-0.4, -0.2) is 55.3 Å². The summed E-state index contributed by atoms with van der Waals surface area (Å²) >= 11 is 3.29. The van der Waals surface area contributed by atoms with Crippen LogP contribution in [0, 0.1) is 10.1 Å². The summed E-state index contributed by atoms with van der Waals surface area (Å²) in [6, 6.07) is 5.52. The van der Waals surface area contributed by atoms with E-state index in [0.717, 1.165) is 24.2 Å². The topological polar surface area (TPSA) is 58.8 Å². The first kappa shape index (κ1) is 13.8. The molecule has 0 amide bonds. The number of nitro benzene ring substituents is 1. The van der Waals surface area contributed by atoms with Gasteiger partial charge in [0.1, 0.15) is 5.69 Å². The van der Waals surface area contributed by atoms with Gasteiger partial charge in [-0.15, -0.1) is 0 Å². The molecule has 1 aromatic rings. The van der Waals surface area contributed by atoms with Gasteiger partial charge in [-0.1, -0.05) is 15.9 Å². The zero-order chi connectivity index (χ0) is 14.3. The van der Waals surface area contributed by atoms with E-state index in [1.54, 1.807) is 12.1 Å². The average molecular weight is 342 g/mol. The van der Waals surface area contributed by atoms with Crippen LogP contribution in [0.15, 0.2) is 22.7 Å². The van der Waals surface area contributed by atoms with Gasteiger partial charge >= 0.3 is 0 Å². The molecule has 2 unspecified atom stereocenters. The van der Waals surface area contributed by atoms with Crippen LogP contribution in [0.25, 0.3) is 0 Å². The fourth-order valence-corrected chi connectivity index (χ4v) is 3.31. The molecule has 0 aromatic heterocycles. The lowest BCUT2D eigenvalue weighted by Crippen LogP contribution is -2.48. The zero-order valence-electron chi connectivity index (χ0n) is 11.2. The van der Waals surface area contributed by atoms with Crippen LogP contribution in [0.3, 0.4) is 0 Å². The van der Waals surface area contributed by atoms with Gasteiger partial charge in [0.25, 0.3) is 5.69 Å². The summed E-state index contributed by atoms with van der Waals surface area (Å²) < 4.78 is 6.51. The van der Waals surface area contributed by atoms with Crippen molar-refractivity contribution in [3.63, 3.8) is 0 Å². The minimum atomic E-state index is -0.327. The van der Waals surface area contributed by atoms with Crippen LogP contribution in [0.2, 0.25) is 0 Å². The Balaban J connectivity index is 1.89. The zero-order valence-corrected chi connectivity index (χ0v) is 12.7. The number of halogens is 1. The van der Waals surface area contributed by atoms with Gasteiger partial charge in [-0.05, 0) is 19.2 Å². The van der Waals surface area contributed by atoms with E-state index in [1.807, 2.05) is 6.07 Å². The first-order chi connectivity index (χ1) is 9.56. The van der Waals surface area contributed by atoms with Crippen LogP contribution in [0.1, 0.15) is 0 Å². The van der Waals surface area contributed by atoms with E-state index in [4.69, 9.17) is 4.74 Å². The molecule has 0 bridgehead atoms. The molecule has 2 heterocycles. The molecule has 2 saturated heterocycles. The first-order valence-electron chi connectivity index (χ1n) is 6.57.